The topological polar surface area (TPSA) is 0 Å². The highest BCUT2D eigenvalue weighted by Gasteiger charge is 1.92. The zero-order chi connectivity index (χ0) is 16.9. The van der Waals surface area contributed by atoms with Crippen LogP contribution in [0.25, 0.3) is 0 Å². The van der Waals surface area contributed by atoms with Gasteiger partial charge in [0, 0.05) is 0 Å². The largest absolute Gasteiger partial charge is 0.0991 e. The molecular weight excluding hydrogens is 276 g/mol. The van der Waals surface area contributed by atoms with Crippen molar-refractivity contribution in [2.75, 3.05) is 0 Å². The minimum atomic E-state index is 0.943. The predicted molar refractivity (Wildman–Crippen MR) is 104 cm³/mol. The van der Waals surface area contributed by atoms with Crippen LogP contribution < -0.4 is 0 Å². The van der Waals surface area contributed by atoms with Gasteiger partial charge in [-0.25, -0.2) is 0 Å². The van der Waals surface area contributed by atoms with E-state index in [1.807, 2.05) is 31.2 Å². The third kappa shape index (κ3) is 7.82. The molecule has 0 saturated heterocycles. The van der Waals surface area contributed by atoms with Gasteiger partial charge < -0.3 is 0 Å². The molecule has 0 radical (unpaired) electrons. The second-order valence-corrected chi connectivity index (χ2v) is 5.21. The standard InChI is InChI=1S/C23H26/c1-5-7-9-13-20(3)21(4)18-19-22(6-2)16-12-17-23-14-10-8-11-15-23/h5-16,18-19H,1,4,17H2,2-3H3/b9-7-,16-12+,19-18-,20-13+,22-6-. The summed E-state index contributed by atoms with van der Waals surface area (Å²) in [5.74, 6) is 0. The van der Waals surface area contributed by atoms with Crippen molar-refractivity contribution in [3.8, 4) is 0 Å². The number of hydrogen-bond donors (Lipinski definition) is 0. The van der Waals surface area contributed by atoms with Crippen molar-refractivity contribution in [3.63, 3.8) is 0 Å². The minimum Gasteiger partial charge on any atom is -0.0991 e. The molecule has 23 heavy (non-hydrogen) atoms. The van der Waals surface area contributed by atoms with Gasteiger partial charge >= 0.3 is 0 Å². The van der Waals surface area contributed by atoms with E-state index in [1.54, 1.807) is 6.08 Å². The summed E-state index contributed by atoms with van der Waals surface area (Å²) in [6, 6.07) is 10.5. The molecule has 0 heteroatoms. The van der Waals surface area contributed by atoms with E-state index in [9.17, 15) is 0 Å². The maximum absolute atomic E-state index is 4.10. The van der Waals surface area contributed by atoms with E-state index in [4.69, 9.17) is 0 Å². The Balaban J connectivity index is 2.62. The fourth-order valence-corrected chi connectivity index (χ4v) is 1.91. The fraction of sp³-hybridized carbons (Fsp3) is 0.130. The van der Waals surface area contributed by atoms with Gasteiger partial charge in [0.1, 0.15) is 0 Å². The lowest BCUT2D eigenvalue weighted by Crippen LogP contribution is -1.81. The van der Waals surface area contributed by atoms with E-state index < -0.39 is 0 Å². The van der Waals surface area contributed by atoms with Gasteiger partial charge in [0.2, 0.25) is 0 Å². The highest BCUT2D eigenvalue weighted by Crippen LogP contribution is 2.11. The molecule has 0 amide bonds. The third-order valence-electron chi connectivity index (χ3n) is 3.42. The number of hydrogen-bond acceptors (Lipinski definition) is 0. The van der Waals surface area contributed by atoms with Gasteiger partial charge in [0.15, 0.2) is 0 Å². The average Bonchev–Trinajstić information content (AvgIpc) is 2.58. The Morgan fingerprint density at radius 2 is 1.78 bits per heavy atom. The molecule has 0 spiro atoms. The van der Waals surface area contributed by atoms with Crippen molar-refractivity contribution < 1.29 is 0 Å². The first-order valence-corrected chi connectivity index (χ1v) is 7.87. The predicted octanol–water partition coefficient (Wildman–Crippen LogP) is 6.53. The fourth-order valence-electron chi connectivity index (χ4n) is 1.91. The van der Waals surface area contributed by atoms with Crippen LogP contribution in [0.5, 0.6) is 0 Å². The van der Waals surface area contributed by atoms with Crippen LogP contribution in [-0.4, -0.2) is 0 Å². The first-order valence-electron chi connectivity index (χ1n) is 7.87. The molecule has 0 aliphatic carbocycles. The van der Waals surface area contributed by atoms with E-state index in [2.05, 4.69) is 74.7 Å². The Bertz CT molecular complexity index is 647. The molecule has 0 bridgehead atoms. The maximum atomic E-state index is 4.10. The second-order valence-electron chi connectivity index (χ2n) is 5.21. The Hall–Kier alpha value is -2.60. The molecule has 1 aromatic rings. The highest BCUT2D eigenvalue weighted by molar-refractivity contribution is 5.42. The second kappa shape index (κ2) is 11.0. The molecule has 0 unspecified atom stereocenters. The Kier molecular flexibility index (Phi) is 8.85. The van der Waals surface area contributed by atoms with Crippen LogP contribution in [-0.2, 0) is 6.42 Å². The maximum Gasteiger partial charge on any atom is -0.00941 e. The van der Waals surface area contributed by atoms with E-state index in [0.29, 0.717) is 0 Å². The molecule has 118 valence electrons. The number of allylic oxidation sites excluding steroid dienone is 12. The average molecular weight is 302 g/mol. The molecule has 0 aliphatic heterocycles. The van der Waals surface area contributed by atoms with Gasteiger partial charge in [-0.15, -0.1) is 0 Å². The lowest BCUT2D eigenvalue weighted by molar-refractivity contribution is 1.27. The number of rotatable bonds is 8. The summed E-state index contributed by atoms with van der Waals surface area (Å²) in [4.78, 5) is 0. The van der Waals surface area contributed by atoms with Gasteiger partial charge in [-0.1, -0.05) is 98.2 Å². The lowest BCUT2D eigenvalue weighted by atomic mass is 10.1. The monoisotopic (exact) mass is 302 g/mol. The van der Waals surface area contributed by atoms with Gasteiger partial charge in [-0.2, -0.15) is 0 Å². The quantitative estimate of drug-likeness (QED) is 0.479. The molecule has 0 N–H and O–H groups in total. The summed E-state index contributed by atoms with van der Waals surface area (Å²) in [6.45, 7) is 11.9. The van der Waals surface area contributed by atoms with Crippen molar-refractivity contribution >= 4 is 0 Å². The minimum absolute atomic E-state index is 0.943. The van der Waals surface area contributed by atoms with Crippen LogP contribution >= 0.6 is 0 Å². The van der Waals surface area contributed by atoms with Gasteiger partial charge in [-0.3, -0.25) is 0 Å². The normalized spacial score (nSPS) is 13.3. The van der Waals surface area contributed by atoms with Crippen LogP contribution in [0.3, 0.4) is 0 Å². The molecule has 0 fully saturated rings. The zero-order valence-electron chi connectivity index (χ0n) is 14.2. The van der Waals surface area contributed by atoms with Crippen molar-refractivity contribution in [1.82, 2.24) is 0 Å². The van der Waals surface area contributed by atoms with Crippen LogP contribution in [0.4, 0.5) is 0 Å². The van der Waals surface area contributed by atoms with E-state index in [0.717, 1.165) is 17.6 Å². The van der Waals surface area contributed by atoms with Crippen molar-refractivity contribution in [1.29, 1.82) is 0 Å². The van der Waals surface area contributed by atoms with Crippen molar-refractivity contribution in [2.45, 2.75) is 20.3 Å². The molecule has 0 aliphatic rings. The van der Waals surface area contributed by atoms with Gasteiger partial charge in [0.25, 0.3) is 0 Å². The van der Waals surface area contributed by atoms with Crippen LogP contribution in [0, 0.1) is 0 Å². The van der Waals surface area contributed by atoms with Gasteiger partial charge in [0.05, 0.1) is 0 Å². The molecular formula is C23H26. The third-order valence-corrected chi connectivity index (χ3v) is 3.42. The SMILES string of the molecule is C=C/C=C\C=C(/C)C(=C)\C=C/C(=C\C)/C=C/Cc1ccccc1. The summed E-state index contributed by atoms with van der Waals surface area (Å²) in [6.07, 6.45) is 19.2. The van der Waals surface area contributed by atoms with E-state index in [1.165, 1.54) is 11.1 Å². The van der Waals surface area contributed by atoms with Crippen LogP contribution in [0.2, 0.25) is 0 Å². The Morgan fingerprint density at radius 3 is 2.43 bits per heavy atom. The summed E-state index contributed by atoms with van der Waals surface area (Å²) < 4.78 is 0. The molecule has 1 rings (SSSR count). The van der Waals surface area contributed by atoms with Crippen molar-refractivity contribution in [3.05, 3.63) is 120 Å². The molecule has 0 nitrogen and oxygen atoms in total. The molecule has 0 atom stereocenters. The lowest BCUT2D eigenvalue weighted by Gasteiger charge is -1.99. The zero-order valence-corrected chi connectivity index (χ0v) is 14.2. The Morgan fingerprint density at radius 1 is 1.04 bits per heavy atom. The first kappa shape index (κ1) is 18.4. The number of benzene rings is 1. The molecule has 0 aromatic heterocycles. The molecule has 1 aromatic carbocycles. The van der Waals surface area contributed by atoms with Gasteiger partial charge in [-0.05, 0) is 42.6 Å². The molecule has 0 saturated carbocycles. The van der Waals surface area contributed by atoms with E-state index >= 15 is 0 Å². The van der Waals surface area contributed by atoms with Crippen LogP contribution in [0.15, 0.2) is 115 Å². The first-order chi connectivity index (χ1) is 11.2. The molecule has 0 heterocycles. The summed E-state index contributed by atoms with van der Waals surface area (Å²) in [7, 11) is 0. The van der Waals surface area contributed by atoms with E-state index in [-0.39, 0.29) is 0 Å². The van der Waals surface area contributed by atoms with Crippen LogP contribution in [0.1, 0.15) is 19.4 Å². The summed E-state index contributed by atoms with van der Waals surface area (Å²) in [5.41, 5.74) is 4.65. The summed E-state index contributed by atoms with van der Waals surface area (Å²) in [5, 5.41) is 0. The smallest absolute Gasteiger partial charge is 0.00941 e. The Labute approximate surface area is 141 Å². The summed E-state index contributed by atoms with van der Waals surface area (Å²) >= 11 is 0. The van der Waals surface area contributed by atoms with Crippen molar-refractivity contribution in [2.24, 2.45) is 0 Å². The highest BCUT2D eigenvalue weighted by atomic mass is 14.0.